The first-order valence-electron chi connectivity index (χ1n) is 8.83. The van der Waals surface area contributed by atoms with E-state index in [1.807, 2.05) is 48.7 Å². The summed E-state index contributed by atoms with van der Waals surface area (Å²) in [5.74, 6) is -0.0340. The molecule has 27 heavy (non-hydrogen) atoms. The number of nitrogens with zero attached hydrogens (tertiary/aromatic N) is 2. The van der Waals surface area contributed by atoms with Gasteiger partial charge in [0.2, 0.25) is 5.91 Å². The van der Waals surface area contributed by atoms with Crippen LogP contribution in [0.1, 0.15) is 24.2 Å². The van der Waals surface area contributed by atoms with Crippen LogP contribution in [0.2, 0.25) is 0 Å². The maximum absolute atomic E-state index is 12.5. The number of carbonyl (C=O) groups is 1. The van der Waals surface area contributed by atoms with E-state index in [1.165, 1.54) is 22.1 Å². The van der Waals surface area contributed by atoms with Gasteiger partial charge in [0.05, 0.1) is 23.9 Å². The number of hydrogen-bond donors (Lipinski definition) is 1. The predicted molar refractivity (Wildman–Crippen MR) is 110 cm³/mol. The van der Waals surface area contributed by atoms with E-state index in [9.17, 15) is 4.79 Å². The second kappa shape index (κ2) is 7.68. The lowest BCUT2D eigenvalue weighted by Crippen LogP contribution is -2.28. The van der Waals surface area contributed by atoms with Crippen LogP contribution in [0, 0.1) is 0 Å². The lowest BCUT2D eigenvalue weighted by Gasteiger charge is -2.16. The number of thiazole rings is 1. The Hall–Kier alpha value is -3.05. The first-order chi connectivity index (χ1) is 13.2. The van der Waals surface area contributed by atoms with Gasteiger partial charge in [-0.2, -0.15) is 0 Å². The molecule has 2 aromatic carbocycles. The maximum atomic E-state index is 12.5. The quantitative estimate of drug-likeness (QED) is 0.548. The Morgan fingerprint density at radius 3 is 2.74 bits per heavy atom. The van der Waals surface area contributed by atoms with E-state index in [0.717, 1.165) is 22.0 Å². The molecule has 1 amide bonds. The molecule has 0 aliphatic heterocycles. The molecule has 5 heteroatoms. The minimum absolute atomic E-state index is 0.0340. The monoisotopic (exact) mass is 373 g/mol. The summed E-state index contributed by atoms with van der Waals surface area (Å²) >= 11 is 1.51. The van der Waals surface area contributed by atoms with Crippen molar-refractivity contribution in [1.82, 2.24) is 15.3 Å². The van der Waals surface area contributed by atoms with E-state index >= 15 is 0 Å². The fraction of sp³-hybridized carbons (Fsp3) is 0.136. The van der Waals surface area contributed by atoms with Crippen LogP contribution in [-0.4, -0.2) is 15.9 Å². The van der Waals surface area contributed by atoms with Crippen molar-refractivity contribution < 1.29 is 4.79 Å². The number of rotatable bonds is 5. The van der Waals surface area contributed by atoms with Crippen LogP contribution in [0.3, 0.4) is 0 Å². The van der Waals surface area contributed by atoms with Gasteiger partial charge in [0.15, 0.2) is 0 Å². The molecular weight excluding hydrogens is 354 g/mol. The van der Waals surface area contributed by atoms with Crippen LogP contribution in [0.4, 0.5) is 0 Å². The van der Waals surface area contributed by atoms with Crippen LogP contribution >= 0.6 is 11.3 Å². The van der Waals surface area contributed by atoms with E-state index in [-0.39, 0.29) is 18.4 Å². The molecule has 0 radical (unpaired) electrons. The molecule has 0 spiro atoms. The van der Waals surface area contributed by atoms with Gasteiger partial charge in [-0.15, -0.1) is 11.3 Å². The van der Waals surface area contributed by atoms with Crippen molar-refractivity contribution in [2.75, 3.05) is 0 Å². The average Bonchev–Trinajstić information content (AvgIpc) is 3.16. The minimum atomic E-state index is -0.0718. The Labute approximate surface area is 161 Å². The van der Waals surface area contributed by atoms with E-state index in [2.05, 4.69) is 39.6 Å². The summed E-state index contributed by atoms with van der Waals surface area (Å²) in [5, 5.41) is 8.19. The molecule has 1 unspecified atom stereocenters. The highest BCUT2D eigenvalue weighted by Gasteiger charge is 2.14. The van der Waals surface area contributed by atoms with Crippen molar-refractivity contribution >= 4 is 28.0 Å². The molecule has 0 saturated carbocycles. The largest absolute Gasteiger partial charge is 0.349 e. The van der Waals surface area contributed by atoms with Crippen molar-refractivity contribution in [2.45, 2.75) is 19.4 Å². The number of hydrogen-bond acceptors (Lipinski definition) is 4. The zero-order chi connectivity index (χ0) is 18.6. The molecule has 4 nitrogen and oxygen atoms in total. The Balaban J connectivity index is 1.46. The third-order valence-electron chi connectivity index (χ3n) is 4.44. The molecule has 4 aromatic rings. The fourth-order valence-corrected chi connectivity index (χ4v) is 3.95. The molecule has 2 aromatic heterocycles. The van der Waals surface area contributed by atoms with Crippen LogP contribution in [-0.2, 0) is 11.2 Å². The molecule has 0 aliphatic carbocycles. The standard InChI is InChI=1S/C22H19N3OS/c1-15(18-10-6-8-16-7-2-3-9-19(16)18)24-21(26)13-17-14-27-22(25-17)20-11-4-5-12-23-20/h2-12,14-15H,13H2,1H3,(H,24,26). The number of aromatic nitrogens is 2. The number of fused-ring (bicyclic) bond motifs is 1. The topological polar surface area (TPSA) is 54.9 Å². The molecule has 2 heterocycles. The highest BCUT2D eigenvalue weighted by Crippen LogP contribution is 2.25. The first-order valence-corrected chi connectivity index (χ1v) is 9.71. The molecule has 1 N–H and O–H groups in total. The summed E-state index contributed by atoms with van der Waals surface area (Å²) < 4.78 is 0. The molecule has 0 bridgehead atoms. The molecule has 4 rings (SSSR count). The van der Waals surface area contributed by atoms with E-state index < -0.39 is 0 Å². The zero-order valence-corrected chi connectivity index (χ0v) is 15.7. The van der Waals surface area contributed by atoms with Crippen LogP contribution < -0.4 is 5.32 Å². The van der Waals surface area contributed by atoms with Gasteiger partial charge in [0.1, 0.15) is 5.01 Å². The lowest BCUT2D eigenvalue weighted by molar-refractivity contribution is -0.121. The van der Waals surface area contributed by atoms with Gasteiger partial charge < -0.3 is 5.32 Å². The summed E-state index contributed by atoms with van der Waals surface area (Å²) in [6.45, 7) is 2.01. The number of benzene rings is 2. The normalized spacial score (nSPS) is 12.0. The highest BCUT2D eigenvalue weighted by atomic mass is 32.1. The summed E-state index contributed by atoms with van der Waals surface area (Å²) in [7, 11) is 0. The van der Waals surface area contributed by atoms with Gasteiger partial charge in [-0.25, -0.2) is 4.98 Å². The van der Waals surface area contributed by atoms with Crippen molar-refractivity contribution in [3.05, 3.63) is 83.5 Å². The number of nitrogens with one attached hydrogen (secondary N) is 1. The van der Waals surface area contributed by atoms with Gasteiger partial charge in [-0.1, -0.05) is 48.5 Å². The van der Waals surface area contributed by atoms with Gasteiger partial charge in [0, 0.05) is 11.6 Å². The summed E-state index contributed by atoms with van der Waals surface area (Å²) in [4.78, 5) is 21.4. The number of amides is 1. The van der Waals surface area contributed by atoms with E-state index in [0.29, 0.717) is 0 Å². The molecule has 0 fully saturated rings. The minimum Gasteiger partial charge on any atom is -0.349 e. The second-order valence-electron chi connectivity index (χ2n) is 6.39. The fourth-order valence-electron chi connectivity index (χ4n) is 3.16. The predicted octanol–water partition coefficient (Wildman–Crippen LogP) is 4.78. The number of carbonyl (C=O) groups excluding carboxylic acids is 1. The summed E-state index contributed by atoms with van der Waals surface area (Å²) in [6.07, 6.45) is 2.01. The average molecular weight is 373 g/mol. The SMILES string of the molecule is CC(NC(=O)Cc1csc(-c2ccccn2)n1)c1cccc2ccccc12. The Kier molecular flexibility index (Phi) is 4.94. The van der Waals surface area contributed by atoms with E-state index in [4.69, 9.17) is 0 Å². The third kappa shape index (κ3) is 3.88. The van der Waals surface area contributed by atoms with Crippen LogP contribution in [0.15, 0.2) is 72.2 Å². The van der Waals surface area contributed by atoms with E-state index in [1.54, 1.807) is 6.20 Å². The Bertz CT molecular complexity index is 1070. The Morgan fingerprint density at radius 1 is 1.07 bits per heavy atom. The lowest BCUT2D eigenvalue weighted by atomic mass is 9.99. The molecule has 134 valence electrons. The molecule has 0 saturated heterocycles. The third-order valence-corrected chi connectivity index (χ3v) is 5.36. The zero-order valence-electron chi connectivity index (χ0n) is 14.9. The molecular formula is C22H19N3OS. The maximum Gasteiger partial charge on any atom is 0.226 e. The van der Waals surface area contributed by atoms with Gasteiger partial charge in [0.25, 0.3) is 0 Å². The Morgan fingerprint density at radius 2 is 1.89 bits per heavy atom. The number of pyridine rings is 1. The molecule has 1 atom stereocenters. The van der Waals surface area contributed by atoms with Gasteiger partial charge in [-0.3, -0.25) is 9.78 Å². The summed E-state index contributed by atoms with van der Waals surface area (Å²) in [6, 6.07) is 20.1. The van der Waals surface area contributed by atoms with Gasteiger partial charge in [-0.05, 0) is 35.4 Å². The van der Waals surface area contributed by atoms with Crippen LogP contribution in [0.5, 0.6) is 0 Å². The second-order valence-corrected chi connectivity index (χ2v) is 7.25. The van der Waals surface area contributed by atoms with Crippen LogP contribution in [0.25, 0.3) is 21.5 Å². The highest BCUT2D eigenvalue weighted by molar-refractivity contribution is 7.13. The van der Waals surface area contributed by atoms with Crippen molar-refractivity contribution in [2.24, 2.45) is 0 Å². The van der Waals surface area contributed by atoms with Crippen molar-refractivity contribution in [3.63, 3.8) is 0 Å². The smallest absolute Gasteiger partial charge is 0.226 e. The summed E-state index contributed by atoms with van der Waals surface area (Å²) in [5.41, 5.74) is 2.72. The first kappa shape index (κ1) is 17.4. The van der Waals surface area contributed by atoms with Gasteiger partial charge >= 0.3 is 0 Å². The van der Waals surface area contributed by atoms with Crippen molar-refractivity contribution in [3.8, 4) is 10.7 Å². The van der Waals surface area contributed by atoms with Crippen molar-refractivity contribution in [1.29, 1.82) is 0 Å². The molecule has 0 aliphatic rings.